The third-order valence-corrected chi connectivity index (χ3v) is 4.29. The van der Waals surface area contributed by atoms with Gasteiger partial charge in [-0.15, -0.1) is 0 Å². The number of aliphatic hydroxyl groups is 1. The lowest BCUT2D eigenvalue weighted by atomic mass is 9.98. The van der Waals surface area contributed by atoms with Crippen molar-refractivity contribution in [3.8, 4) is 5.88 Å². The Hall–Kier alpha value is -3.01. The minimum Gasteiger partial charge on any atom is -0.468 e. The Kier molecular flexibility index (Phi) is 7.37. The number of halogens is 3. The Morgan fingerprint density at radius 3 is 2.39 bits per heavy atom. The van der Waals surface area contributed by atoms with Gasteiger partial charge in [0.2, 0.25) is 5.88 Å². The second kappa shape index (κ2) is 9.42. The molecule has 2 aromatic rings. The van der Waals surface area contributed by atoms with Crippen molar-refractivity contribution >= 4 is 11.7 Å². The molecule has 0 aromatic carbocycles. The minimum absolute atomic E-state index is 0.0938. The monoisotopic (exact) mass is 439 g/mol. The first-order valence-electron chi connectivity index (χ1n) is 9.42. The van der Waals surface area contributed by atoms with Crippen molar-refractivity contribution in [1.82, 2.24) is 15.3 Å². The number of hydrogen-bond donors (Lipinski definition) is 2. The highest BCUT2D eigenvalue weighted by molar-refractivity contribution is 5.95. The lowest BCUT2D eigenvalue weighted by Gasteiger charge is -2.15. The Morgan fingerprint density at radius 2 is 1.81 bits per heavy atom. The van der Waals surface area contributed by atoms with Crippen molar-refractivity contribution in [3.05, 3.63) is 52.5 Å². The fourth-order valence-corrected chi connectivity index (χ4v) is 2.61. The van der Waals surface area contributed by atoms with Crippen LogP contribution in [0.5, 0.6) is 5.88 Å². The summed E-state index contributed by atoms with van der Waals surface area (Å²) in [5.41, 5.74) is 0.713. The summed E-state index contributed by atoms with van der Waals surface area (Å²) in [7, 11) is 0. The molecule has 2 heterocycles. The zero-order valence-electron chi connectivity index (χ0n) is 17.6. The third kappa shape index (κ3) is 7.63. The van der Waals surface area contributed by atoms with Gasteiger partial charge in [0.1, 0.15) is 5.60 Å². The van der Waals surface area contributed by atoms with E-state index in [4.69, 9.17) is 0 Å². The number of hydrogen-bond acceptors (Lipinski definition) is 6. The van der Waals surface area contributed by atoms with E-state index >= 15 is 0 Å². The quantitative estimate of drug-likeness (QED) is 0.656. The highest BCUT2D eigenvalue weighted by atomic mass is 19.4. The minimum atomic E-state index is -4.46. The molecule has 10 heteroatoms. The SMILES string of the molecule is Cc1cc(C(=O)NCc2ccc(OCC(F)(F)F)nc2C)cc(CC(=O)C(C)(C)O)n1. The second-order valence-corrected chi connectivity index (χ2v) is 7.63. The number of alkyl halides is 3. The molecule has 168 valence electrons. The number of ketones is 1. The van der Waals surface area contributed by atoms with Crippen molar-refractivity contribution in [2.45, 2.75) is 52.4 Å². The molecule has 0 fully saturated rings. The zero-order chi connectivity index (χ0) is 23.4. The Bertz CT molecular complexity index is 969. The Morgan fingerprint density at radius 1 is 1.13 bits per heavy atom. The van der Waals surface area contributed by atoms with E-state index in [1.807, 2.05) is 0 Å². The molecular formula is C21H24F3N3O4. The molecule has 0 aliphatic heterocycles. The van der Waals surface area contributed by atoms with E-state index in [1.54, 1.807) is 19.9 Å². The zero-order valence-corrected chi connectivity index (χ0v) is 17.6. The highest BCUT2D eigenvalue weighted by Gasteiger charge is 2.28. The van der Waals surface area contributed by atoms with Crippen LogP contribution in [0.3, 0.4) is 0 Å². The average molecular weight is 439 g/mol. The van der Waals surface area contributed by atoms with Gasteiger partial charge in [0.25, 0.3) is 5.91 Å². The molecule has 0 aliphatic rings. The molecule has 0 aliphatic carbocycles. The number of pyridine rings is 2. The largest absolute Gasteiger partial charge is 0.468 e. The van der Waals surface area contributed by atoms with Crippen LogP contribution in [0.15, 0.2) is 24.3 Å². The summed E-state index contributed by atoms with van der Waals surface area (Å²) in [6.07, 6.45) is -4.57. The first-order valence-corrected chi connectivity index (χ1v) is 9.42. The second-order valence-electron chi connectivity index (χ2n) is 7.63. The lowest BCUT2D eigenvalue weighted by molar-refractivity contribution is -0.154. The normalized spacial score (nSPS) is 11.9. The number of nitrogens with zero attached hydrogens (tertiary/aromatic N) is 2. The third-order valence-electron chi connectivity index (χ3n) is 4.29. The predicted molar refractivity (Wildman–Crippen MR) is 106 cm³/mol. The molecule has 2 N–H and O–H groups in total. The van der Waals surface area contributed by atoms with Crippen LogP contribution in [0, 0.1) is 13.8 Å². The summed E-state index contributed by atoms with van der Waals surface area (Å²) in [5, 5.41) is 12.5. The van der Waals surface area contributed by atoms with E-state index in [1.165, 1.54) is 32.0 Å². The van der Waals surface area contributed by atoms with Crippen molar-refractivity contribution < 1.29 is 32.6 Å². The van der Waals surface area contributed by atoms with Crippen LogP contribution in [-0.2, 0) is 17.8 Å². The number of ether oxygens (including phenoxy) is 1. The van der Waals surface area contributed by atoms with Crippen molar-refractivity contribution in [2.75, 3.05) is 6.61 Å². The number of carbonyl (C=O) groups excluding carboxylic acids is 2. The molecule has 0 unspecified atom stereocenters. The van der Waals surface area contributed by atoms with E-state index in [9.17, 15) is 27.9 Å². The van der Waals surface area contributed by atoms with Crippen LogP contribution in [0.2, 0.25) is 0 Å². The van der Waals surface area contributed by atoms with Gasteiger partial charge in [-0.25, -0.2) is 4.98 Å². The van der Waals surface area contributed by atoms with Crippen LogP contribution < -0.4 is 10.1 Å². The van der Waals surface area contributed by atoms with E-state index in [-0.39, 0.29) is 18.8 Å². The van der Waals surface area contributed by atoms with Crippen molar-refractivity contribution in [2.24, 2.45) is 0 Å². The first-order chi connectivity index (χ1) is 14.2. The maximum absolute atomic E-state index is 12.6. The molecule has 0 atom stereocenters. The molecule has 2 aromatic heterocycles. The first kappa shape index (κ1) is 24.3. The van der Waals surface area contributed by atoms with Gasteiger partial charge in [-0.1, -0.05) is 6.07 Å². The molecule has 0 bridgehead atoms. The summed E-state index contributed by atoms with van der Waals surface area (Å²) >= 11 is 0. The Balaban J connectivity index is 2.05. The number of Topliss-reactive ketones (excluding diaryl/α,β-unsaturated/α-hetero) is 1. The number of aryl methyl sites for hydroxylation is 2. The topological polar surface area (TPSA) is 101 Å². The summed E-state index contributed by atoms with van der Waals surface area (Å²) in [6, 6.07) is 5.87. The van der Waals surface area contributed by atoms with E-state index in [2.05, 4.69) is 20.0 Å². The van der Waals surface area contributed by atoms with Crippen LogP contribution >= 0.6 is 0 Å². The fourth-order valence-electron chi connectivity index (χ4n) is 2.61. The summed E-state index contributed by atoms with van der Waals surface area (Å²) in [5.74, 6) is -0.999. The number of nitrogens with one attached hydrogen (secondary N) is 1. The highest BCUT2D eigenvalue weighted by Crippen LogP contribution is 2.18. The molecule has 31 heavy (non-hydrogen) atoms. The molecule has 0 saturated heterocycles. The predicted octanol–water partition coefficient (Wildman–Crippen LogP) is 2.85. The lowest BCUT2D eigenvalue weighted by Crippen LogP contribution is -2.33. The smallest absolute Gasteiger partial charge is 0.422 e. The maximum atomic E-state index is 12.6. The molecule has 0 saturated carbocycles. The molecule has 0 spiro atoms. The van der Waals surface area contributed by atoms with Gasteiger partial charge < -0.3 is 15.2 Å². The molecule has 7 nitrogen and oxygen atoms in total. The van der Waals surface area contributed by atoms with E-state index < -0.39 is 30.1 Å². The fraction of sp³-hybridized carbons (Fsp3) is 0.429. The summed E-state index contributed by atoms with van der Waals surface area (Å²) in [6.45, 7) is 4.70. The number of carbonyl (C=O) groups is 2. The number of aromatic nitrogens is 2. The molecule has 2 rings (SSSR count). The molecule has 1 amide bonds. The standard InChI is InChI=1S/C21H24F3N3O4/c1-12-7-15(8-16(26-12)9-17(28)20(3,4)30)19(29)25-10-14-5-6-18(27-13(14)2)31-11-21(22,23)24/h5-8,30H,9-11H2,1-4H3,(H,25,29). The summed E-state index contributed by atoms with van der Waals surface area (Å²) < 4.78 is 41.3. The maximum Gasteiger partial charge on any atom is 0.422 e. The van der Waals surface area contributed by atoms with Gasteiger partial charge in [-0.2, -0.15) is 13.2 Å². The molecular weight excluding hydrogens is 415 g/mol. The van der Waals surface area contributed by atoms with Gasteiger partial charge in [-0.05, 0) is 45.4 Å². The average Bonchev–Trinajstić information content (AvgIpc) is 2.63. The number of amides is 1. The van der Waals surface area contributed by atoms with Crippen molar-refractivity contribution in [3.63, 3.8) is 0 Å². The molecule has 0 radical (unpaired) electrons. The van der Waals surface area contributed by atoms with Gasteiger partial charge in [0.05, 0.1) is 6.42 Å². The van der Waals surface area contributed by atoms with Crippen LogP contribution in [0.4, 0.5) is 13.2 Å². The van der Waals surface area contributed by atoms with Gasteiger partial charge in [0, 0.05) is 35.3 Å². The summed E-state index contributed by atoms with van der Waals surface area (Å²) in [4.78, 5) is 32.8. The van der Waals surface area contributed by atoms with E-state index in [0.29, 0.717) is 28.2 Å². The van der Waals surface area contributed by atoms with Gasteiger partial charge in [-0.3, -0.25) is 14.6 Å². The van der Waals surface area contributed by atoms with Crippen LogP contribution in [0.1, 0.15) is 46.9 Å². The van der Waals surface area contributed by atoms with Crippen LogP contribution in [0.25, 0.3) is 0 Å². The van der Waals surface area contributed by atoms with E-state index in [0.717, 1.165) is 0 Å². The number of rotatable bonds is 8. The van der Waals surface area contributed by atoms with Crippen LogP contribution in [-0.4, -0.2) is 45.1 Å². The van der Waals surface area contributed by atoms with Gasteiger partial charge >= 0.3 is 6.18 Å². The van der Waals surface area contributed by atoms with Crippen molar-refractivity contribution in [1.29, 1.82) is 0 Å². The Labute approximate surface area is 177 Å². The van der Waals surface area contributed by atoms with Gasteiger partial charge in [0.15, 0.2) is 12.4 Å².